The molecule has 0 unspecified atom stereocenters. The number of H-pyrrole nitrogens is 1. The predicted molar refractivity (Wildman–Crippen MR) is 107 cm³/mol. The van der Waals surface area contributed by atoms with E-state index >= 15 is 0 Å². The maximum atomic E-state index is 9.04. The van der Waals surface area contributed by atoms with E-state index < -0.39 is 0 Å². The summed E-state index contributed by atoms with van der Waals surface area (Å²) in [6, 6.07) is 8.30. The molecule has 0 aliphatic carbocycles. The molecule has 0 saturated heterocycles. The maximum Gasteiger partial charge on any atom is 0.150 e. The largest absolute Gasteiger partial charge is 0.396 e. The van der Waals surface area contributed by atoms with Gasteiger partial charge in [-0.25, -0.2) is 9.97 Å². The van der Waals surface area contributed by atoms with E-state index in [2.05, 4.69) is 39.1 Å². The summed E-state index contributed by atoms with van der Waals surface area (Å²) >= 11 is 0. The standard InChI is InChI=1S/C20H24N6O/c1-3-5-13-11-16(26(2)25-13)12-7-8-14-15(10-12)22-20(21)19-18(14)23-17(24-19)6-4-9-27/h7-8,10-11,27H,3-6,9H2,1-2H3,(H2,21,22)(H,23,24). The van der Waals surface area contributed by atoms with Gasteiger partial charge in [-0.15, -0.1) is 0 Å². The second kappa shape index (κ2) is 7.00. The van der Waals surface area contributed by atoms with Crippen molar-refractivity contribution in [2.45, 2.75) is 32.6 Å². The number of aliphatic hydroxyl groups is 1. The smallest absolute Gasteiger partial charge is 0.150 e. The number of fused-ring (bicyclic) bond motifs is 3. The fourth-order valence-electron chi connectivity index (χ4n) is 3.51. The monoisotopic (exact) mass is 364 g/mol. The Morgan fingerprint density at radius 2 is 2.04 bits per heavy atom. The van der Waals surface area contributed by atoms with Crippen LogP contribution in [0.4, 0.5) is 5.82 Å². The lowest BCUT2D eigenvalue weighted by molar-refractivity contribution is 0.287. The molecular weight excluding hydrogens is 340 g/mol. The Labute approximate surface area is 157 Å². The summed E-state index contributed by atoms with van der Waals surface area (Å²) in [5.41, 5.74) is 11.8. The fourth-order valence-corrected chi connectivity index (χ4v) is 3.51. The first kappa shape index (κ1) is 17.5. The van der Waals surface area contributed by atoms with Crippen LogP contribution in [-0.2, 0) is 19.9 Å². The van der Waals surface area contributed by atoms with E-state index in [-0.39, 0.29) is 6.61 Å². The van der Waals surface area contributed by atoms with Gasteiger partial charge in [0, 0.05) is 31.0 Å². The van der Waals surface area contributed by atoms with Crippen molar-refractivity contribution in [2.75, 3.05) is 12.3 Å². The van der Waals surface area contributed by atoms with E-state index in [9.17, 15) is 0 Å². The van der Waals surface area contributed by atoms with Gasteiger partial charge in [0.2, 0.25) is 0 Å². The Hall–Kier alpha value is -2.93. The van der Waals surface area contributed by atoms with E-state index in [4.69, 9.17) is 10.8 Å². The highest BCUT2D eigenvalue weighted by Crippen LogP contribution is 2.30. The van der Waals surface area contributed by atoms with Crippen LogP contribution in [0.3, 0.4) is 0 Å². The molecule has 0 saturated carbocycles. The van der Waals surface area contributed by atoms with Crippen LogP contribution >= 0.6 is 0 Å². The number of nitrogens with zero attached hydrogens (tertiary/aromatic N) is 4. The maximum absolute atomic E-state index is 9.04. The summed E-state index contributed by atoms with van der Waals surface area (Å²) in [5, 5.41) is 14.6. The number of anilines is 1. The quantitative estimate of drug-likeness (QED) is 0.488. The molecule has 1 aromatic carbocycles. The van der Waals surface area contributed by atoms with Crippen LogP contribution in [0, 0.1) is 0 Å². The Kier molecular flexibility index (Phi) is 4.53. The third kappa shape index (κ3) is 3.14. The molecule has 3 heterocycles. The molecule has 3 aromatic heterocycles. The molecule has 4 rings (SSSR count). The number of nitrogens with one attached hydrogen (secondary N) is 1. The molecule has 0 fully saturated rings. The van der Waals surface area contributed by atoms with Crippen molar-refractivity contribution in [3.63, 3.8) is 0 Å². The zero-order chi connectivity index (χ0) is 19.0. The molecule has 0 atom stereocenters. The number of imidazole rings is 1. The Morgan fingerprint density at radius 3 is 2.81 bits per heavy atom. The molecule has 4 N–H and O–H groups in total. The number of nitrogens with two attached hydrogens (primary N) is 1. The van der Waals surface area contributed by atoms with Gasteiger partial charge in [0.1, 0.15) is 22.7 Å². The lowest BCUT2D eigenvalue weighted by Crippen LogP contribution is -1.96. The van der Waals surface area contributed by atoms with Gasteiger partial charge >= 0.3 is 0 Å². The number of aliphatic hydroxyl groups excluding tert-OH is 1. The average molecular weight is 364 g/mol. The van der Waals surface area contributed by atoms with Gasteiger partial charge in [-0.3, -0.25) is 4.68 Å². The van der Waals surface area contributed by atoms with Crippen LogP contribution in [0.25, 0.3) is 33.2 Å². The highest BCUT2D eigenvalue weighted by atomic mass is 16.2. The van der Waals surface area contributed by atoms with E-state index in [0.717, 1.165) is 57.6 Å². The van der Waals surface area contributed by atoms with Gasteiger partial charge in [0.25, 0.3) is 0 Å². The fraction of sp³-hybridized carbons (Fsp3) is 0.350. The van der Waals surface area contributed by atoms with E-state index in [1.165, 1.54) is 0 Å². The van der Waals surface area contributed by atoms with Gasteiger partial charge in [-0.05, 0) is 31.0 Å². The van der Waals surface area contributed by atoms with Crippen molar-refractivity contribution < 1.29 is 5.11 Å². The topological polar surface area (TPSA) is 106 Å². The summed E-state index contributed by atoms with van der Waals surface area (Å²) in [4.78, 5) is 12.5. The zero-order valence-corrected chi connectivity index (χ0v) is 15.7. The van der Waals surface area contributed by atoms with E-state index in [1.807, 2.05) is 23.9 Å². The molecule has 0 amide bonds. The third-order valence-corrected chi connectivity index (χ3v) is 4.81. The molecule has 0 radical (unpaired) electrons. The van der Waals surface area contributed by atoms with Crippen molar-refractivity contribution in [2.24, 2.45) is 7.05 Å². The minimum absolute atomic E-state index is 0.138. The summed E-state index contributed by atoms with van der Waals surface area (Å²) in [7, 11) is 1.96. The van der Waals surface area contributed by atoms with Crippen molar-refractivity contribution in [1.82, 2.24) is 24.7 Å². The van der Waals surface area contributed by atoms with Crippen LogP contribution in [0.5, 0.6) is 0 Å². The molecule has 0 aliphatic heterocycles. The minimum atomic E-state index is 0.138. The number of nitrogen functional groups attached to an aromatic ring is 1. The third-order valence-electron chi connectivity index (χ3n) is 4.81. The number of benzene rings is 1. The van der Waals surface area contributed by atoms with Crippen molar-refractivity contribution in [3.8, 4) is 11.3 Å². The van der Waals surface area contributed by atoms with Crippen LogP contribution in [0.2, 0.25) is 0 Å². The van der Waals surface area contributed by atoms with E-state index in [0.29, 0.717) is 18.7 Å². The Balaban J connectivity index is 1.82. The molecule has 7 nitrogen and oxygen atoms in total. The number of hydrogen-bond donors (Lipinski definition) is 3. The SMILES string of the molecule is CCCc1cc(-c2ccc3c(c2)nc(N)c2[nH]c(CCCO)nc23)n(C)n1. The summed E-state index contributed by atoms with van der Waals surface area (Å²) in [6.45, 7) is 2.29. The number of pyridine rings is 1. The molecule has 140 valence electrons. The zero-order valence-electron chi connectivity index (χ0n) is 15.7. The minimum Gasteiger partial charge on any atom is -0.396 e. The molecular formula is C20H24N6O. The second-order valence-corrected chi connectivity index (χ2v) is 6.86. The predicted octanol–water partition coefficient (Wildman–Crippen LogP) is 2.97. The van der Waals surface area contributed by atoms with Crippen LogP contribution in [0.15, 0.2) is 24.3 Å². The average Bonchev–Trinajstić information content (AvgIpc) is 3.24. The second-order valence-electron chi connectivity index (χ2n) is 6.86. The number of aryl methyl sites for hydroxylation is 3. The molecule has 0 aliphatic rings. The Bertz CT molecular complexity index is 1110. The summed E-state index contributed by atoms with van der Waals surface area (Å²) in [6.07, 6.45) is 3.38. The van der Waals surface area contributed by atoms with Crippen LogP contribution in [-0.4, -0.2) is 36.4 Å². The first-order valence-corrected chi connectivity index (χ1v) is 9.32. The molecule has 4 aromatic rings. The van der Waals surface area contributed by atoms with Crippen LogP contribution in [0.1, 0.15) is 31.3 Å². The first-order chi connectivity index (χ1) is 13.1. The highest BCUT2D eigenvalue weighted by Gasteiger charge is 2.14. The number of hydrogen-bond acceptors (Lipinski definition) is 5. The van der Waals surface area contributed by atoms with Gasteiger partial charge < -0.3 is 15.8 Å². The molecule has 0 bridgehead atoms. The summed E-state index contributed by atoms with van der Waals surface area (Å²) in [5.74, 6) is 1.26. The normalized spacial score (nSPS) is 11.7. The molecule has 27 heavy (non-hydrogen) atoms. The van der Waals surface area contributed by atoms with E-state index in [1.54, 1.807) is 0 Å². The van der Waals surface area contributed by atoms with Gasteiger partial charge in [-0.1, -0.05) is 19.4 Å². The number of rotatable bonds is 6. The van der Waals surface area contributed by atoms with Crippen molar-refractivity contribution in [3.05, 3.63) is 35.8 Å². The van der Waals surface area contributed by atoms with Gasteiger partial charge in [0.05, 0.1) is 16.9 Å². The molecule has 0 spiro atoms. The van der Waals surface area contributed by atoms with Crippen LogP contribution < -0.4 is 5.73 Å². The number of aromatic amines is 1. The highest BCUT2D eigenvalue weighted by molar-refractivity contribution is 6.07. The first-order valence-electron chi connectivity index (χ1n) is 9.32. The van der Waals surface area contributed by atoms with Gasteiger partial charge in [-0.2, -0.15) is 5.10 Å². The van der Waals surface area contributed by atoms with Gasteiger partial charge in [0.15, 0.2) is 0 Å². The van der Waals surface area contributed by atoms with Crippen molar-refractivity contribution >= 4 is 27.8 Å². The molecule has 7 heteroatoms. The summed E-state index contributed by atoms with van der Waals surface area (Å²) < 4.78 is 1.91. The number of aromatic nitrogens is 5. The Morgan fingerprint density at radius 1 is 1.19 bits per heavy atom. The lowest BCUT2D eigenvalue weighted by Gasteiger charge is -2.05. The van der Waals surface area contributed by atoms with Crippen molar-refractivity contribution in [1.29, 1.82) is 0 Å². The lowest BCUT2D eigenvalue weighted by atomic mass is 10.1.